The van der Waals surface area contributed by atoms with Gasteiger partial charge in [0.1, 0.15) is 5.60 Å². The van der Waals surface area contributed by atoms with Crippen LogP contribution in [0, 0.1) is 12.8 Å². The molecule has 1 unspecified atom stereocenters. The summed E-state index contributed by atoms with van der Waals surface area (Å²) in [6.07, 6.45) is 1.87. The van der Waals surface area contributed by atoms with E-state index < -0.39 is 5.60 Å². The Balaban J connectivity index is 1.90. The van der Waals surface area contributed by atoms with Crippen LogP contribution in [0.25, 0.3) is 0 Å². The normalized spacial score (nSPS) is 29.0. The number of carbonyl (C=O) groups excluding carboxylic acids is 1. The zero-order valence-electron chi connectivity index (χ0n) is 15.8. The Morgan fingerprint density at radius 3 is 2.68 bits per heavy atom. The topological polar surface area (TPSA) is 38.8 Å². The minimum Gasteiger partial charge on any atom is -0.444 e. The van der Waals surface area contributed by atoms with Crippen LogP contribution in [-0.4, -0.2) is 42.9 Å². The van der Waals surface area contributed by atoms with Crippen molar-refractivity contribution >= 4 is 17.7 Å². The summed E-state index contributed by atoms with van der Waals surface area (Å²) >= 11 is 6.40. The van der Waals surface area contributed by atoms with Crippen LogP contribution in [0.3, 0.4) is 0 Å². The highest BCUT2D eigenvalue weighted by Crippen LogP contribution is 2.52. The van der Waals surface area contributed by atoms with Gasteiger partial charge in [-0.15, -0.1) is 0 Å². The molecule has 2 aliphatic rings. The smallest absolute Gasteiger partial charge is 0.410 e. The fraction of sp³-hybridized carbons (Fsp3) is 0.650. The molecule has 4 nitrogen and oxygen atoms in total. The fourth-order valence-electron chi connectivity index (χ4n) is 4.31. The number of ether oxygens (including phenoxy) is 2. The molecule has 1 aromatic carbocycles. The molecule has 0 N–H and O–H groups in total. The van der Waals surface area contributed by atoms with Gasteiger partial charge in [-0.3, -0.25) is 0 Å². The van der Waals surface area contributed by atoms with Gasteiger partial charge in [0.2, 0.25) is 0 Å². The van der Waals surface area contributed by atoms with Crippen molar-refractivity contribution in [3.05, 3.63) is 34.3 Å². The second-order valence-corrected chi connectivity index (χ2v) is 8.88. The van der Waals surface area contributed by atoms with E-state index in [1.807, 2.05) is 32.6 Å². The number of hydrogen-bond acceptors (Lipinski definition) is 3. The maximum absolute atomic E-state index is 12.6. The molecule has 138 valence electrons. The molecule has 1 amide bonds. The Bertz CT molecular complexity index is 669. The van der Waals surface area contributed by atoms with Crippen LogP contribution in [0.1, 0.15) is 44.7 Å². The van der Waals surface area contributed by atoms with Gasteiger partial charge in [-0.2, -0.15) is 0 Å². The lowest BCUT2D eigenvalue weighted by Crippen LogP contribution is -2.38. The first-order valence-electron chi connectivity index (χ1n) is 8.92. The minimum absolute atomic E-state index is 0.102. The van der Waals surface area contributed by atoms with Gasteiger partial charge in [0.15, 0.2) is 0 Å². The number of benzene rings is 1. The molecule has 1 saturated heterocycles. The lowest BCUT2D eigenvalue weighted by molar-refractivity contribution is 0.0255. The molecule has 0 spiro atoms. The van der Waals surface area contributed by atoms with Crippen LogP contribution in [0.5, 0.6) is 0 Å². The number of fused-ring (bicyclic) bond motifs is 1. The van der Waals surface area contributed by atoms with Crippen LogP contribution in [0.4, 0.5) is 4.79 Å². The van der Waals surface area contributed by atoms with Crippen LogP contribution < -0.4 is 0 Å². The van der Waals surface area contributed by atoms with Crippen molar-refractivity contribution < 1.29 is 14.3 Å². The van der Waals surface area contributed by atoms with Crippen molar-refractivity contribution in [3.8, 4) is 0 Å². The molecular formula is C20H28ClNO3. The van der Waals surface area contributed by atoms with E-state index >= 15 is 0 Å². The van der Waals surface area contributed by atoms with Gasteiger partial charge in [0, 0.05) is 30.6 Å². The van der Waals surface area contributed by atoms with E-state index in [9.17, 15) is 4.79 Å². The molecule has 2 fully saturated rings. The Hall–Kier alpha value is -1.26. The molecule has 1 aromatic rings. The zero-order chi connectivity index (χ0) is 18.4. The van der Waals surface area contributed by atoms with E-state index in [0.29, 0.717) is 19.0 Å². The standard InChI is InChI=1S/C20H28ClNO3/c1-13-6-7-14(9-17(13)21)20-10-16(24-5)8-15(20)11-22(12-20)18(23)25-19(2,3)4/h6-7,9,15-16H,8,10-12H2,1-5H3/t15-,16?,20+/m1/s1. The van der Waals surface area contributed by atoms with E-state index in [2.05, 4.69) is 18.2 Å². The molecule has 1 aliphatic carbocycles. The fourth-order valence-corrected chi connectivity index (χ4v) is 4.49. The van der Waals surface area contributed by atoms with Gasteiger partial charge in [-0.1, -0.05) is 23.7 Å². The zero-order valence-corrected chi connectivity index (χ0v) is 16.5. The first-order chi connectivity index (χ1) is 11.6. The second-order valence-electron chi connectivity index (χ2n) is 8.48. The quantitative estimate of drug-likeness (QED) is 0.771. The first kappa shape index (κ1) is 18.5. The van der Waals surface area contributed by atoms with Gasteiger partial charge < -0.3 is 14.4 Å². The summed E-state index contributed by atoms with van der Waals surface area (Å²) in [4.78, 5) is 14.4. The summed E-state index contributed by atoms with van der Waals surface area (Å²) in [6.45, 7) is 9.08. The third-order valence-electron chi connectivity index (χ3n) is 5.57. The highest BCUT2D eigenvalue weighted by Gasteiger charge is 2.55. The van der Waals surface area contributed by atoms with Crippen LogP contribution in [0.2, 0.25) is 5.02 Å². The summed E-state index contributed by atoms with van der Waals surface area (Å²) in [5.41, 5.74) is 1.69. The summed E-state index contributed by atoms with van der Waals surface area (Å²) in [5, 5.41) is 0.780. The first-order valence-corrected chi connectivity index (χ1v) is 9.30. The lowest BCUT2D eigenvalue weighted by Gasteiger charge is -2.31. The Kier molecular flexibility index (Phi) is 4.80. The van der Waals surface area contributed by atoms with Gasteiger partial charge in [0.05, 0.1) is 6.10 Å². The van der Waals surface area contributed by atoms with Crippen molar-refractivity contribution in [2.24, 2.45) is 5.92 Å². The highest BCUT2D eigenvalue weighted by molar-refractivity contribution is 6.31. The number of halogens is 1. The van der Waals surface area contributed by atoms with Crippen molar-refractivity contribution in [2.45, 2.75) is 57.7 Å². The Morgan fingerprint density at radius 2 is 2.08 bits per heavy atom. The predicted molar refractivity (Wildman–Crippen MR) is 99.2 cm³/mol. The molecular weight excluding hydrogens is 338 g/mol. The minimum atomic E-state index is -0.482. The largest absolute Gasteiger partial charge is 0.444 e. The monoisotopic (exact) mass is 365 g/mol. The van der Waals surface area contributed by atoms with Crippen molar-refractivity contribution in [1.82, 2.24) is 4.90 Å². The number of nitrogens with zero attached hydrogens (tertiary/aromatic N) is 1. The van der Waals surface area contributed by atoms with Crippen molar-refractivity contribution in [2.75, 3.05) is 20.2 Å². The van der Waals surface area contributed by atoms with Gasteiger partial charge in [-0.25, -0.2) is 4.79 Å². The summed E-state index contributed by atoms with van der Waals surface area (Å²) in [7, 11) is 1.77. The molecule has 0 aromatic heterocycles. The van der Waals surface area contributed by atoms with Gasteiger partial charge in [-0.05, 0) is 63.6 Å². The molecule has 0 bridgehead atoms. The maximum Gasteiger partial charge on any atom is 0.410 e. The van der Waals surface area contributed by atoms with Crippen LogP contribution in [0.15, 0.2) is 18.2 Å². The van der Waals surface area contributed by atoms with E-state index in [1.165, 1.54) is 5.56 Å². The average Bonchev–Trinajstić information content (AvgIpc) is 3.03. The number of aryl methyl sites for hydroxylation is 1. The molecule has 1 aliphatic heterocycles. The van der Waals surface area contributed by atoms with E-state index in [4.69, 9.17) is 21.1 Å². The summed E-state index contributed by atoms with van der Waals surface area (Å²) < 4.78 is 11.3. The Labute approximate surface area is 155 Å². The third kappa shape index (κ3) is 3.52. The van der Waals surface area contributed by atoms with E-state index in [1.54, 1.807) is 7.11 Å². The average molecular weight is 366 g/mol. The van der Waals surface area contributed by atoms with Crippen molar-refractivity contribution in [1.29, 1.82) is 0 Å². The van der Waals surface area contributed by atoms with Gasteiger partial charge >= 0.3 is 6.09 Å². The predicted octanol–water partition coefficient (Wildman–Crippen LogP) is 4.56. The summed E-state index contributed by atoms with van der Waals surface area (Å²) in [5.74, 6) is 0.365. The molecule has 25 heavy (non-hydrogen) atoms. The molecule has 3 rings (SSSR count). The van der Waals surface area contributed by atoms with Crippen LogP contribution in [-0.2, 0) is 14.9 Å². The lowest BCUT2D eigenvalue weighted by atomic mass is 9.74. The number of methoxy groups -OCH3 is 1. The Morgan fingerprint density at radius 1 is 1.36 bits per heavy atom. The van der Waals surface area contributed by atoms with Crippen molar-refractivity contribution in [3.63, 3.8) is 0 Å². The highest BCUT2D eigenvalue weighted by atomic mass is 35.5. The molecule has 0 radical (unpaired) electrons. The van der Waals surface area contributed by atoms with E-state index in [-0.39, 0.29) is 17.6 Å². The third-order valence-corrected chi connectivity index (χ3v) is 5.97. The second kappa shape index (κ2) is 6.48. The number of hydrogen-bond donors (Lipinski definition) is 0. The maximum atomic E-state index is 12.6. The number of likely N-dealkylation sites (tertiary alicyclic amines) is 1. The SMILES string of the molecule is COC1C[C@@H]2CN(C(=O)OC(C)(C)C)C[C@]2(c2ccc(C)c(Cl)c2)C1. The van der Waals surface area contributed by atoms with Gasteiger partial charge in [0.25, 0.3) is 0 Å². The molecule has 5 heteroatoms. The van der Waals surface area contributed by atoms with E-state index in [0.717, 1.165) is 23.4 Å². The number of carbonyl (C=O) groups is 1. The summed E-state index contributed by atoms with van der Waals surface area (Å²) in [6, 6.07) is 6.30. The van der Waals surface area contributed by atoms with Crippen LogP contribution >= 0.6 is 11.6 Å². The molecule has 1 heterocycles. The molecule has 3 atom stereocenters. The number of amides is 1. The molecule has 1 saturated carbocycles. The number of rotatable bonds is 2.